The first-order chi connectivity index (χ1) is 7.06. The van der Waals surface area contributed by atoms with E-state index in [2.05, 4.69) is 0 Å². The zero-order valence-electron chi connectivity index (χ0n) is 8.89. The highest BCUT2D eigenvalue weighted by molar-refractivity contribution is 5.28. The molecule has 0 aliphatic heterocycles. The van der Waals surface area contributed by atoms with Gasteiger partial charge in [-0.05, 0) is 25.5 Å². The van der Waals surface area contributed by atoms with Crippen molar-refractivity contribution in [2.75, 3.05) is 13.2 Å². The van der Waals surface area contributed by atoms with Gasteiger partial charge in [0, 0.05) is 18.2 Å². The lowest BCUT2D eigenvalue weighted by Crippen LogP contribution is -2.19. The van der Waals surface area contributed by atoms with Crippen LogP contribution in [-0.2, 0) is 4.74 Å². The SMILES string of the molecule is CCOCC(N)c1cc(C)c(F)cc1F. The van der Waals surface area contributed by atoms with E-state index < -0.39 is 17.7 Å². The topological polar surface area (TPSA) is 35.2 Å². The molecule has 15 heavy (non-hydrogen) atoms. The molecule has 0 bridgehead atoms. The van der Waals surface area contributed by atoms with E-state index in [1.165, 1.54) is 6.07 Å². The minimum absolute atomic E-state index is 0.235. The fourth-order valence-electron chi connectivity index (χ4n) is 1.30. The lowest BCUT2D eigenvalue weighted by atomic mass is 10.0. The van der Waals surface area contributed by atoms with Crippen LogP contribution in [-0.4, -0.2) is 13.2 Å². The van der Waals surface area contributed by atoms with Gasteiger partial charge in [-0.3, -0.25) is 0 Å². The van der Waals surface area contributed by atoms with Crippen molar-refractivity contribution >= 4 is 0 Å². The molecule has 1 aromatic carbocycles. The molecule has 2 N–H and O–H groups in total. The molecule has 0 heterocycles. The van der Waals surface area contributed by atoms with Crippen molar-refractivity contribution < 1.29 is 13.5 Å². The van der Waals surface area contributed by atoms with E-state index in [9.17, 15) is 8.78 Å². The molecule has 0 radical (unpaired) electrons. The highest BCUT2D eigenvalue weighted by atomic mass is 19.1. The lowest BCUT2D eigenvalue weighted by Gasteiger charge is -2.13. The van der Waals surface area contributed by atoms with Crippen LogP contribution in [0.4, 0.5) is 8.78 Å². The first-order valence-electron chi connectivity index (χ1n) is 4.85. The summed E-state index contributed by atoms with van der Waals surface area (Å²) in [5.41, 5.74) is 6.39. The summed E-state index contributed by atoms with van der Waals surface area (Å²) in [7, 11) is 0. The first-order valence-corrected chi connectivity index (χ1v) is 4.85. The van der Waals surface area contributed by atoms with Crippen molar-refractivity contribution in [3.8, 4) is 0 Å². The van der Waals surface area contributed by atoms with Crippen molar-refractivity contribution in [2.45, 2.75) is 19.9 Å². The number of hydrogen-bond donors (Lipinski definition) is 1. The van der Waals surface area contributed by atoms with Crippen LogP contribution < -0.4 is 5.73 Å². The second-order valence-corrected chi connectivity index (χ2v) is 3.39. The highest BCUT2D eigenvalue weighted by Crippen LogP contribution is 2.19. The number of nitrogens with two attached hydrogens (primary N) is 1. The van der Waals surface area contributed by atoms with Crippen molar-refractivity contribution in [2.24, 2.45) is 5.73 Å². The van der Waals surface area contributed by atoms with Gasteiger partial charge < -0.3 is 10.5 Å². The third kappa shape index (κ3) is 2.97. The average molecular weight is 215 g/mol. The van der Waals surface area contributed by atoms with Crippen LogP contribution in [0.3, 0.4) is 0 Å². The predicted octanol–water partition coefficient (Wildman–Crippen LogP) is 2.31. The Balaban J connectivity index is 2.88. The molecule has 0 saturated carbocycles. The van der Waals surface area contributed by atoms with Crippen molar-refractivity contribution in [1.29, 1.82) is 0 Å². The van der Waals surface area contributed by atoms with Crippen LogP contribution in [0.25, 0.3) is 0 Å². The van der Waals surface area contributed by atoms with Gasteiger partial charge in [-0.15, -0.1) is 0 Å². The Morgan fingerprint density at radius 3 is 2.60 bits per heavy atom. The van der Waals surface area contributed by atoms with Crippen LogP contribution in [0.5, 0.6) is 0 Å². The summed E-state index contributed by atoms with van der Waals surface area (Å²) >= 11 is 0. The summed E-state index contributed by atoms with van der Waals surface area (Å²) < 4.78 is 31.4. The minimum Gasteiger partial charge on any atom is -0.380 e. The number of benzene rings is 1. The Bertz CT molecular complexity index is 342. The zero-order chi connectivity index (χ0) is 11.4. The fraction of sp³-hybridized carbons (Fsp3) is 0.455. The van der Waals surface area contributed by atoms with Gasteiger partial charge in [0.1, 0.15) is 11.6 Å². The highest BCUT2D eigenvalue weighted by Gasteiger charge is 2.13. The number of ether oxygens (including phenoxy) is 1. The van der Waals surface area contributed by atoms with Crippen LogP contribution in [0.1, 0.15) is 24.1 Å². The summed E-state index contributed by atoms with van der Waals surface area (Å²) in [6, 6.07) is 1.73. The summed E-state index contributed by atoms with van der Waals surface area (Å²) in [6.45, 7) is 4.17. The Hall–Kier alpha value is -1.00. The van der Waals surface area contributed by atoms with Gasteiger partial charge in [0.05, 0.1) is 12.6 Å². The van der Waals surface area contributed by atoms with E-state index in [0.29, 0.717) is 17.7 Å². The molecular weight excluding hydrogens is 200 g/mol. The second kappa shape index (κ2) is 5.19. The third-order valence-electron chi connectivity index (χ3n) is 2.18. The van der Waals surface area contributed by atoms with Gasteiger partial charge in [-0.2, -0.15) is 0 Å². The maximum atomic E-state index is 13.3. The summed E-state index contributed by atoms with van der Waals surface area (Å²) in [5, 5.41) is 0. The molecule has 1 aromatic rings. The van der Waals surface area contributed by atoms with E-state index in [4.69, 9.17) is 10.5 Å². The molecule has 4 heteroatoms. The molecule has 1 rings (SSSR count). The van der Waals surface area contributed by atoms with Gasteiger partial charge in [-0.1, -0.05) is 0 Å². The van der Waals surface area contributed by atoms with E-state index in [-0.39, 0.29) is 6.61 Å². The Kier molecular flexibility index (Phi) is 4.17. The fourth-order valence-corrected chi connectivity index (χ4v) is 1.30. The molecule has 2 nitrogen and oxygen atoms in total. The molecule has 0 fully saturated rings. The Morgan fingerprint density at radius 1 is 1.33 bits per heavy atom. The van der Waals surface area contributed by atoms with Crippen LogP contribution in [0.2, 0.25) is 0 Å². The van der Waals surface area contributed by atoms with Gasteiger partial charge in [0.15, 0.2) is 0 Å². The normalized spacial score (nSPS) is 12.9. The summed E-state index contributed by atoms with van der Waals surface area (Å²) in [6.07, 6.45) is 0. The first kappa shape index (κ1) is 12.1. The van der Waals surface area contributed by atoms with Crippen LogP contribution in [0, 0.1) is 18.6 Å². The largest absolute Gasteiger partial charge is 0.380 e. The smallest absolute Gasteiger partial charge is 0.130 e. The molecule has 84 valence electrons. The predicted molar refractivity (Wildman–Crippen MR) is 54.5 cm³/mol. The van der Waals surface area contributed by atoms with Gasteiger partial charge in [-0.25, -0.2) is 8.78 Å². The summed E-state index contributed by atoms with van der Waals surface area (Å²) in [5.74, 6) is -1.18. The van der Waals surface area contributed by atoms with Gasteiger partial charge in [0.2, 0.25) is 0 Å². The van der Waals surface area contributed by atoms with Gasteiger partial charge >= 0.3 is 0 Å². The molecule has 0 aliphatic carbocycles. The lowest BCUT2D eigenvalue weighted by molar-refractivity contribution is 0.132. The zero-order valence-corrected chi connectivity index (χ0v) is 8.89. The van der Waals surface area contributed by atoms with Crippen LogP contribution in [0.15, 0.2) is 12.1 Å². The van der Waals surface area contributed by atoms with Crippen molar-refractivity contribution in [1.82, 2.24) is 0 Å². The molecule has 0 saturated heterocycles. The third-order valence-corrected chi connectivity index (χ3v) is 2.18. The Morgan fingerprint density at radius 2 is 2.00 bits per heavy atom. The summed E-state index contributed by atoms with van der Waals surface area (Å²) in [4.78, 5) is 0. The van der Waals surface area contributed by atoms with E-state index in [1.807, 2.05) is 6.92 Å². The molecule has 1 unspecified atom stereocenters. The van der Waals surface area contributed by atoms with Crippen molar-refractivity contribution in [3.05, 3.63) is 34.9 Å². The van der Waals surface area contributed by atoms with Gasteiger partial charge in [0.25, 0.3) is 0 Å². The number of halogens is 2. The molecule has 0 aromatic heterocycles. The second-order valence-electron chi connectivity index (χ2n) is 3.39. The molecule has 0 spiro atoms. The van der Waals surface area contributed by atoms with E-state index >= 15 is 0 Å². The van der Waals surface area contributed by atoms with Crippen molar-refractivity contribution in [3.63, 3.8) is 0 Å². The monoisotopic (exact) mass is 215 g/mol. The maximum absolute atomic E-state index is 13.3. The standard InChI is InChI=1S/C11H15F2NO/c1-3-15-6-11(14)8-4-7(2)9(12)5-10(8)13/h4-5,11H,3,6,14H2,1-2H3. The molecular formula is C11H15F2NO. The van der Waals surface area contributed by atoms with Crippen LogP contribution >= 0.6 is 0 Å². The molecule has 0 aliphatic rings. The molecule has 1 atom stereocenters. The average Bonchev–Trinajstić information content (AvgIpc) is 2.20. The molecule has 0 amide bonds. The van der Waals surface area contributed by atoms with E-state index in [1.54, 1.807) is 6.92 Å². The van der Waals surface area contributed by atoms with E-state index in [0.717, 1.165) is 6.07 Å². The minimum atomic E-state index is -0.620. The quantitative estimate of drug-likeness (QED) is 0.836. The Labute approximate surface area is 88.0 Å². The maximum Gasteiger partial charge on any atom is 0.130 e. The number of aryl methyl sites for hydroxylation is 1. The number of rotatable bonds is 4. The number of hydrogen-bond acceptors (Lipinski definition) is 2.